The Hall–Kier alpha value is -5.04. The van der Waals surface area contributed by atoms with E-state index in [9.17, 15) is 10.1 Å². The topological polar surface area (TPSA) is 74.3 Å². The number of anilines is 2. The van der Waals surface area contributed by atoms with E-state index in [0.717, 1.165) is 16.8 Å². The molecule has 0 spiro atoms. The Morgan fingerprint density at radius 1 is 0.778 bits per heavy atom. The smallest absolute Gasteiger partial charge is 0.269 e. The van der Waals surface area contributed by atoms with Gasteiger partial charge in [-0.1, -0.05) is 78.9 Å². The lowest BCUT2D eigenvalue weighted by molar-refractivity contribution is -0.384. The van der Waals surface area contributed by atoms with Crippen molar-refractivity contribution >= 4 is 29.0 Å². The van der Waals surface area contributed by atoms with Crippen LogP contribution in [0.3, 0.4) is 0 Å². The minimum atomic E-state index is -0.410. The molecule has 0 N–H and O–H groups in total. The standard InChI is InChI=1S/C29H23N5O2/c35-34(36)27-18-16-26(17-19-27)33-22-29(30-20-28(31-33)24-12-6-2-7-13-24)32(25-14-8-3-9-15-25)21-23-10-4-1-5-11-23/h1-20,22H,21H2. The molecule has 0 bridgehead atoms. The first-order chi connectivity index (χ1) is 17.7. The molecule has 0 radical (unpaired) electrons. The van der Waals surface area contributed by atoms with Crippen molar-refractivity contribution in [3.8, 4) is 0 Å². The van der Waals surface area contributed by atoms with Crippen LogP contribution in [0, 0.1) is 10.1 Å². The Balaban J connectivity index is 1.60. The highest BCUT2D eigenvalue weighted by molar-refractivity contribution is 6.38. The van der Waals surface area contributed by atoms with Gasteiger partial charge < -0.3 is 4.90 Å². The van der Waals surface area contributed by atoms with Crippen LogP contribution in [0.5, 0.6) is 0 Å². The largest absolute Gasteiger partial charge is 0.321 e. The molecule has 0 saturated heterocycles. The predicted octanol–water partition coefficient (Wildman–Crippen LogP) is 6.40. The van der Waals surface area contributed by atoms with Gasteiger partial charge in [0.1, 0.15) is 5.71 Å². The number of aliphatic imine (C=N–C) groups is 1. The molecule has 0 aromatic heterocycles. The molecular weight excluding hydrogens is 450 g/mol. The quantitative estimate of drug-likeness (QED) is 0.230. The number of hydrazone groups is 1. The molecule has 7 heteroatoms. The number of rotatable bonds is 7. The maximum atomic E-state index is 11.2. The van der Waals surface area contributed by atoms with Gasteiger partial charge in [-0.25, -0.2) is 10.0 Å². The predicted molar refractivity (Wildman–Crippen MR) is 144 cm³/mol. The molecule has 4 aromatic rings. The molecule has 0 amide bonds. The third-order valence-electron chi connectivity index (χ3n) is 5.69. The third-order valence-corrected chi connectivity index (χ3v) is 5.69. The van der Waals surface area contributed by atoms with Crippen LogP contribution in [0.2, 0.25) is 0 Å². The first-order valence-corrected chi connectivity index (χ1v) is 11.5. The first-order valence-electron chi connectivity index (χ1n) is 11.5. The average molecular weight is 474 g/mol. The van der Waals surface area contributed by atoms with E-state index < -0.39 is 4.92 Å². The number of benzene rings is 4. The van der Waals surface area contributed by atoms with Gasteiger partial charge in [0.25, 0.3) is 5.69 Å². The maximum Gasteiger partial charge on any atom is 0.269 e. The molecule has 0 aliphatic carbocycles. The Morgan fingerprint density at radius 2 is 1.39 bits per heavy atom. The van der Waals surface area contributed by atoms with Gasteiger partial charge in [0.15, 0.2) is 5.82 Å². The number of hydrogen-bond donors (Lipinski definition) is 0. The number of para-hydroxylation sites is 1. The second-order valence-corrected chi connectivity index (χ2v) is 8.12. The van der Waals surface area contributed by atoms with E-state index in [-0.39, 0.29) is 5.69 Å². The van der Waals surface area contributed by atoms with Crippen molar-refractivity contribution < 1.29 is 4.92 Å². The molecule has 5 rings (SSSR count). The summed E-state index contributed by atoms with van der Waals surface area (Å²) >= 11 is 0. The van der Waals surface area contributed by atoms with E-state index in [1.165, 1.54) is 12.1 Å². The molecular formula is C29H23N5O2. The SMILES string of the molecule is O=[N+]([O-])c1ccc(N2C=C(N(Cc3ccccc3)c3ccccc3)N=CC(c3ccccc3)=N2)cc1. The number of nitro benzene ring substituents is 1. The Kier molecular flexibility index (Phi) is 6.62. The number of nitrogens with zero attached hydrogens (tertiary/aromatic N) is 5. The fraction of sp³-hybridized carbons (Fsp3) is 0.0345. The molecule has 4 aromatic carbocycles. The summed E-state index contributed by atoms with van der Waals surface area (Å²) in [5.41, 5.74) is 4.41. The summed E-state index contributed by atoms with van der Waals surface area (Å²) in [7, 11) is 0. The normalized spacial score (nSPS) is 12.9. The summed E-state index contributed by atoms with van der Waals surface area (Å²) in [6.45, 7) is 0.600. The van der Waals surface area contributed by atoms with Crippen molar-refractivity contribution in [2.75, 3.05) is 9.91 Å². The van der Waals surface area contributed by atoms with Crippen molar-refractivity contribution in [3.05, 3.63) is 149 Å². The zero-order chi connectivity index (χ0) is 24.7. The van der Waals surface area contributed by atoms with E-state index >= 15 is 0 Å². The molecule has 176 valence electrons. The highest BCUT2D eigenvalue weighted by Crippen LogP contribution is 2.27. The van der Waals surface area contributed by atoms with E-state index in [2.05, 4.69) is 17.0 Å². The average Bonchev–Trinajstić information content (AvgIpc) is 3.17. The molecule has 0 fully saturated rings. The third kappa shape index (κ3) is 5.20. The van der Waals surface area contributed by atoms with Gasteiger partial charge >= 0.3 is 0 Å². The minimum absolute atomic E-state index is 0.0243. The van der Waals surface area contributed by atoms with Crippen LogP contribution < -0.4 is 9.91 Å². The second-order valence-electron chi connectivity index (χ2n) is 8.12. The highest BCUT2D eigenvalue weighted by Gasteiger charge is 2.18. The van der Waals surface area contributed by atoms with Gasteiger partial charge in [0.05, 0.1) is 23.0 Å². The number of non-ortho nitro benzene ring substituents is 1. The summed E-state index contributed by atoms with van der Waals surface area (Å²) < 4.78 is 0. The molecule has 1 heterocycles. The monoisotopic (exact) mass is 473 g/mol. The molecule has 1 aliphatic heterocycles. The van der Waals surface area contributed by atoms with E-state index in [4.69, 9.17) is 10.1 Å². The Labute approximate surface area is 209 Å². The maximum absolute atomic E-state index is 11.2. The van der Waals surface area contributed by atoms with Gasteiger partial charge in [0.2, 0.25) is 0 Å². The van der Waals surface area contributed by atoms with Gasteiger partial charge in [-0.15, -0.1) is 0 Å². The summed E-state index contributed by atoms with van der Waals surface area (Å²) in [5.74, 6) is 0.679. The van der Waals surface area contributed by atoms with Crippen LogP contribution >= 0.6 is 0 Å². The van der Waals surface area contributed by atoms with Gasteiger partial charge in [-0.05, 0) is 29.8 Å². The summed E-state index contributed by atoms with van der Waals surface area (Å²) in [4.78, 5) is 17.7. The van der Waals surface area contributed by atoms with Crippen LogP contribution in [0.25, 0.3) is 0 Å². The van der Waals surface area contributed by atoms with Crippen LogP contribution in [0.15, 0.2) is 137 Å². The van der Waals surface area contributed by atoms with Crippen LogP contribution in [-0.4, -0.2) is 16.8 Å². The van der Waals surface area contributed by atoms with Gasteiger partial charge in [0, 0.05) is 29.9 Å². The second kappa shape index (κ2) is 10.5. The zero-order valence-corrected chi connectivity index (χ0v) is 19.4. The lowest BCUT2D eigenvalue weighted by atomic mass is 10.1. The first kappa shape index (κ1) is 22.7. The molecule has 1 aliphatic rings. The molecule has 0 atom stereocenters. The number of nitro groups is 1. The van der Waals surface area contributed by atoms with Crippen LogP contribution in [0.4, 0.5) is 17.1 Å². The summed E-state index contributed by atoms with van der Waals surface area (Å²) in [6, 6.07) is 36.4. The molecule has 0 unspecified atom stereocenters. The van der Waals surface area contributed by atoms with Crippen molar-refractivity contribution in [2.45, 2.75) is 6.54 Å². The fourth-order valence-corrected chi connectivity index (χ4v) is 3.86. The van der Waals surface area contributed by atoms with Crippen LogP contribution in [-0.2, 0) is 6.54 Å². The molecule has 36 heavy (non-hydrogen) atoms. The van der Waals surface area contributed by atoms with Gasteiger partial charge in [-0.2, -0.15) is 5.10 Å². The Morgan fingerprint density at radius 3 is 2.03 bits per heavy atom. The lowest BCUT2D eigenvalue weighted by Crippen LogP contribution is -2.23. The van der Waals surface area contributed by atoms with Crippen LogP contribution in [0.1, 0.15) is 11.1 Å². The lowest BCUT2D eigenvalue weighted by Gasteiger charge is -2.26. The fourth-order valence-electron chi connectivity index (χ4n) is 3.86. The van der Waals surface area contributed by atoms with Crippen molar-refractivity contribution in [1.82, 2.24) is 0 Å². The van der Waals surface area contributed by atoms with E-state index in [0.29, 0.717) is 23.8 Å². The van der Waals surface area contributed by atoms with E-state index in [1.807, 2.05) is 85.1 Å². The molecule has 7 nitrogen and oxygen atoms in total. The van der Waals surface area contributed by atoms with Gasteiger partial charge in [-0.3, -0.25) is 10.1 Å². The highest BCUT2D eigenvalue weighted by atomic mass is 16.6. The van der Waals surface area contributed by atoms with E-state index in [1.54, 1.807) is 23.4 Å². The summed E-state index contributed by atoms with van der Waals surface area (Å²) in [6.07, 6.45) is 3.61. The van der Waals surface area contributed by atoms with Crippen molar-refractivity contribution in [1.29, 1.82) is 0 Å². The Bertz CT molecular complexity index is 1420. The zero-order valence-electron chi connectivity index (χ0n) is 19.4. The molecule has 0 saturated carbocycles. The summed E-state index contributed by atoms with van der Waals surface area (Å²) in [5, 5.41) is 17.7. The van der Waals surface area contributed by atoms with Crippen molar-refractivity contribution in [2.24, 2.45) is 10.1 Å². The number of hydrogen-bond acceptors (Lipinski definition) is 6. The van der Waals surface area contributed by atoms with Crippen molar-refractivity contribution in [3.63, 3.8) is 0 Å². The minimum Gasteiger partial charge on any atom is -0.321 e.